The van der Waals surface area contributed by atoms with Crippen LogP contribution in [0.4, 0.5) is 11.4 Å². The van der Waals surface area contributed by atoms with Crippen LogP contribution in [-0.4, -0.2) is 20.4 Å². The van der Waals surface area contributed by atoms with Crippen LogP contribution >= 0.6 is 0 Å². The number of hydrogen-bond acceptors (Lipinski definition) is 6. The summed E-state index contributed by atoms with van der Waals surface area (Å²) >= 11 is 0. The summed E-state index contributed by atoms with van der Waals surface area (Å²) in [6.45, 7) is 0. The molecule has 0 aliphatic carbocycles. The third kappa shape index (κ3) is 3.69. The van der Waals surface area contributed by atoms with E-state index in [0.717, 1.165) is 0 Å². The number of aliphatic hydroxyl groups excluding tert-OH is 2. The Balaban J connectivity index is 2.08. The van der Waals surface area contributed by atoms with Gasteiger partial charge in [0, 0.05) is 11.1 Å². The molecule has 2 aromatic carbocycles. The molecule has 0 spiro atoms. The average Bonchev–Trinajstić information content (AvgIpc) is 2.46. The van der Waals surface area contributed by atoms with Gasteiger partial charge in [-0.25, -0.2) is 0 Å². The van der Waals surface area contributed by atoms with Crippen molar-refractivity contribution >= 4 is 11.4 Å². The Morgan fingerprint density at radius 1 is 0.550 bits per heavy atom. The maximum absolute atomic E-state index is 8.95. The fourth-order valence-electron chi connectivity index (χ4n) is 1.54. The van der Waals surface area contributed by atoms with Gasteiger partial charge in [0.1, 0.15) is 0 Å². The molecule has 6 nitrogen and oxygen atoms in total. The van der Waals surface area contributed by atoms with Crippen molar-refractivity contribution in [2.75, 3.05) is 0 Å². The van der Waals surface area contributed by atoms with Crippen LogP contribution in [-0.2, 0) is 0 Å². The molecule has 0 atom stereocenters. The number of rotatable bonds is 4. The van der Waals surface area contributed by atoms with E-state index in [2.05, 4.69) is 10.2 Å². The second kappa shape index (κ2) is 6.36. The average molecular weight is 274 g/mol. The number of nitrogens with zero attached hydrogens (tertiary/aromatic N) is 2. The molecule has 0 bridgehead atoms. The Morgan fingerprint density at radius 2 is 0.850 bits per heavy atom. The van der Waals surface area contributed by atoms with Gasteiger partial charge >= 0.3 is 0 Å². The van der Waals surface area contributed by atoms with E-state index in [9.17, 15) is 0 Å². The monoisotopic (exact) mass is 274 g/mol. The van der Waals surface area contributed by atoms with E-state index in [4.69, 9.17) is 20.4 Å². The molecule has 2 aromatic rings. The van der Waals surface area contributed by atoms with Crippen molar-refractivity contribution in [2.45, 2.75) is 12.6 Å². The Labute approximate surface area is 115 Å². The Morgan fingerprint density at radius 3 is 1.10 bits per heavy atom. The highest BCUT2D eigenvalue weighted by molar-refractivity contribution is 5.42. The van der Waals surface area contributed by atoms with Crippen LogP contribution in [0.2, 0.25) is 0 Å². The van der Waals surface area contributed by atoms with Crippen molar-refractivity contribution in [1.29, 1.82) is 0 Å². The fraction of sp³-hybridized carbons (Fsp3) is 0.143. The van der Waals surface area contributed by atoms with Crippen molar-refractivity contribution in [3.63, 3.8) is 0 Å². The van der Waals surface area contributed by atoms with E-state index < -0.39 is 12.6 Å². The second-order valence-corrected chi connectivity index (χ2v) is 4.13. The summed E-state index contributed by atoms with van der Waals surface area (Å²) in [5.41, 5.74) is 1.90. The lowest BCUT2D eigenvalue weighted by molar-refractivity contribution is -0.0430. The van der Waals surface area contributed by atoms with Crippen LogP contribution in [0.15, 0.2) is 58.8 Å². The molecular weight excluding hydrogens is 260 g/mol. The fourth-order valence-corrected chi connectivity index (χ4v) is 1.54. The van der Waals surface area contributed by atoms with Crippen molar-refractivity contribution < 1.29 is 20.4 Å². The van der Waals surface area contributed by atoms with Gasteiger partial charge in [-0.05, 0) is 24.3 Å². The standard InChI is InChI=1S/C14H14N2O4/c17-13(18)9-1-5-11(6-2-9)15-16-12-7-3-10(4-8-12)14(19)20/h1-8,13-14,17-20H. The van der Waals surface area contributed by atoms with Crippen LogP contribution in [0.5, 0.6) is 0 Å². The predicted molar refractivity (Wildman–Crippen MR) is 71.4 cm³/mol. The van der Waals surface area contributed by atoms with Crippen LogP contribution in [0.25, 0.3) is 0 Å². The molecular formula is C14H14N2O4. The van der Waals surface area contributed by atoms with Crippen molar-refractivity contribution in [2.24, 2.45) is 10.2 Å². The van der Waals surface area contributed by atoms with Gasteiger partial charge in [0.05, 0.1) is 11.4 Å². The lowest BCUT2D eigenvalue weighted by Gasteiger charge is -2.03. The molecule has 0 heterocycles. The maximum Gasteiger partial charge on any atom is 0.178 e. The van der Waals surface area contributed by atoms with E-state index >= 15 is 0 Å². The third-order valence-corrected chi connectivity index (χ3v) is 2.66. The summed E-state index contributed by atoms with van der Waals surface area (Å²) in [5.74, 6) is 0. The van der Waals surface area contributed by atoms with E-state index in [0.29, 0.717) is 22.5 Å². The third-order valence-electron chi connectivity index (χ3n) is 2.66. The van der Waals surface area contributed by atoms with Crippen molar-refractivity contribution in [1.82, 2.24) is 0 Å². The first-order valence-electron chi connectivity index (χ1n) is 5.90. The highest BCUT2D eigenvalue weighted by Gasteiger charge is 2.02. The van der Waals surface area contributed by atoms with Crippen LogP contribution in [0.1, 0.15) is 23.7 Å². The van der Waals surface area contributed by atoms with E-state index in [1.54, 1.807) is 48.5 Å². The number of azo groups is 1. The van der Waals surface area contributed by atoms with Crippen molar-refractivity contribution in [3.05, 3.63) is 59.7 Å². The van der Waals surface area contributed by atoms with Crippen LogP contribution in [0.3, 0.4) is 0 Å². The maximum atomic E-state index is 8.95. The molecule has 0 aliphatic rings. The number of aliphatic hydroxyl groups is 4. The molecule has 104 valence electrons. The summed E-state index contributed by atoms with van der Waals surface area (Å²) in [5, 5.41) is 43.8. The Hall–Kier alpha value is -2.12. The topological polar surface area (TPSA) is 106 Å². The Kier molecular flexibility index (Phi) is 4.54. The van der Waals surface area contributed by atoms with E-state index in [1.807, 2.05) is 0 Å². The van der Waals surface area contributed by atoms with Gasteiger partial charge in [-0.2, -0.15) is 10.2 Å². The SMILES string of the molecule is OC(O)c1ccc(N=Nc2ccc(C(O)O)cc2)cc1. The summed E-state index contributed by atoms with van der Waals surface area (Å²) < 4.78 is 0. The van der Waals surface area contributed by atoms with Crippen LogP contribution < -0.4 is 0 Å². The van der Waals surface area contributed by atoms with Crippen molar-refractivity contribution in [3.8, 4) is 0 Å². The number of benzene rings is 2. The molecule has 0 unspecified atom stereocenters. The van der Waals surface area contributed by atoms with E-state index in [1.165, 1.54) is 0 Å². The lowest BCUT2D eigenvalue weighted by Crippen LogP contribution is -1.93. The molecule has 4 N–H and O–H groups in total. The molecule has 20 heavy (non-hydrogen) atoms. The molecule has 0 radical (unpaired) electrons. The number of hydrogen-bond donors (Lipinski definition) is 4. The van der Waals surface area contributed by atoms with Gasteiger partial charge in [0.2, 0.25) is 0 Å². The second-order valence-electron chi connectivity index (χ2n) is 4.13. The molecule has 0 amide bonds. The molecule has 0 aliphatic heterocycles. The molecule has 0 aromatic heterocycles. The minimum atomic E-state index is -1.50. The van der Waals surface area contributed by atoms with Gasteiger partial charge < -0.3 is 20.4 Å². The van der Waals surface area contributed by atoms with E-state index in [-0.39, 0.29) is 0 Å². The van der Waals surface area contributed by atoms with Gasteiger partial charge in [-0.15, -0.1) is 0 Å². The Bertz CT molecular complexity index is 524. The molecule has 0 saturated heterocycles. The lowest BCUT2D eigenvalue weighted by atomic mass is 10.2. The molecule has 0 fully saturated rings. The van der Waals surface area contributed by atoms with Gasteiger partial charge in [-0.3, -0.25) is 0 Å². The smallest absolute Gasteiger partial charge is 0.178 e. The summed E-state index contributed by atoms with van der Waals surface area (Å²) in [4.78, 5) is 0. The first-order chi connectivity index (χ1) is 9.56. The predicted octanol–water partition coefficient (Wildman–Crippen LogP) is 2.07. The van der Waals surface area contributed by atoms with Gasteiger partial charge in [-0.1, -0.05) is 24.3 Å². The summed E-state index contributed by atoms with van der Waals surface area (Å²) in [7, 11) is 0. The molecule has 6 heteroatoms. The molecule has 0 saturated carbocycles. The minimum absolute atomic E-state index is 0.380. The summed E-state index contributed by atoms with van der Waals surface area (Å²) in [6, 6.07) is 12.6. The highest BCUT2D eigenvalue weighted by atomic mass is 16.5. The first kappa shape index (κ1) is 14.3. The highest BCUT2D eigenvalue weighted by Crippen LogP contribution is 2.21. The zero-order valence-corrected chi connectivity index (χ0v) is 10.5. The largest absolute Gasteiger partial charge is 0.364 e. The minimum Gasteiger partial charge on any atom is -0.364 e. The zero-order chi connectivity index (χ0) is 14.5. The van der Waals surface area contributed by atoms with Gasteiger partial charge in [0.15, 0.2) is 12.6 Å². The quantitative estimate of drug-likeness (QED) is 0.506. The van der Waals surface area contributed by atoms with Gasteiger partial charge in [0.25, 0.3) is 0 Å². The first-order valence-corrected chi connectivity index (χ1v) is 5.90. The normalized spacial score (nSPS) is 11.7. The zero-order valence-electron chi connectivity index (χ0n) is 10.5. The molecule has 2 rings (SSSR count). The van der Waals surface area contributed by atoms with Crippen LogP contribution in [0, 0.1) is 0 Å². The summed E-state index contributed by atoms with van der Waals surface area (Å²) in [6.07, 6.45) is -3.00.